The number of rotatable bonds is 3. The Kier molecular flexibility index (Phi) is 5.38. The highest BCUT2D eigenvalue weighted by Crippen LogP contribution is 2.33. The molecule has 0 radical (unpaired) electrons. The Bertz CT molecular complexity index is 503. The highest BCUT2D eigenvalue weighted by atomic mass is 35.5. The maximum Gasteiger partial charge on any atom is 0.260 e. The maximum atomic E-state index is 12.0. The van der Waals surface area contributed by atoms with Gasteiger partial charge < -0.3 is 14.5 Å². The summed E-state index contributed by atoms with van der Waals surface area (Å²) in [5.41, 5.74) is 0. The van der Waals surface area contributed by atoms with Gasteiger partial charge in [0.15, 0.2) is 6.61 Å². The number of carbonyl (C=O) groups is 1. The molecule has 7 heteroatoms. The third kappa shape index (κ3) is 3.92. The molecule has 1 N–H and O–H groups in total. The largest absolute Gasteiger partial charge is 0.482 e. The van der Waals surface area contributed by atoms with Crippen LogP contribution in [0.3, 0.4) is 0 Å². The van der Waals surface area contributed by atoms with E-state index in [1.807, 2.05) is 0 Å². The van der Waals surface area contributed by atoms with E-state index in [0.29, 0.717) is 20.8 Å². The van der Waals surface area contributed by atoms with E-state index in [1.165, 1.54) is 17.0 Å². The maximum absolute atomic E-state index is 12.0. The van der Waals surface area contributed by atoms with Crippen molar-refractivity contribution in [3.63, 3.8) is 0 Å². The molecule has 2 rings (SSSR count). The van der Waals surface area contributed by atoms with Crippen molar-refractivity contribution in [2.24, 2.45) is 0 Å². The number of nitrogens with one attached hydrogen (secondary N) is 1. The summed E-state index contributed by atoms with van der Waals surface area (Å²) in [6, 6.07) is 3.03. The molecule has 4 nitrogen and oxygen atoms in total. The average molecular weight is 339 g/mol. The van der Waals surface area contributed by atoms with E-state index >= 15 is 0 Å². The second-order valence-electron chi connectivity index (χ2n) is 4.82. The lowest BCUT2D eigenvalue weighted by atomic mass is 10.3. The van der Waals surface area contributed by atoms with Crippen LogP contribution < -0.4 is 9.64 Å². The van der Waals surface area contributed by atoms with Gasteiger partial charge in [-0.05, 0) is 6.07 Å². The highest BCUT2D eigenvalue weighted by Gasteiger charge is 2.21. The average Bonchev–Trinajstić information content (AvgIpc) is 2.42. The van der Waals surface area contributed by atoms with Gasteiger partial charge in [-0.2, -0.15) is 0 Å². The van der Waals surface area contributed by atoms with Gasteiger partial charge in [-0.1, -0.05) is 34.8 Å². The summed E-state index contributed by atoms with van der Waals surface area (Å²) in [7, 11) is 2.12. The first-order valence-electron chi connectivity index (χ1n) is 6.34. The Morgan fingerprint density at radius 1 is 1.20 bits per heavy atom. The van der Waals surface area contributed by atoms with Crippen LogP contribution in [-0.2, 0) is 4.79 Å². The lowest BCUT2D eigenvalue weighted by Crippen LogP contribution is -3.12. The molecule has 1 aliphatic rings. The third-order valence-electron chi connectivity index (χ3n) is 3.30. The first-order valence-corrected chi connectivity index (χ1v) is 7.47. The Balaban J connectivity index is 1.92. The van der Waals surface area contributed by atoms with Crippen LogP contribution in [0.15, 0.2) is 12.1 Å². The van der Waals surface area contributed by atoms with Crippen LogP contribution in [0.2, 0.25) is 15.1 Å². The van der Waals surface area contributed by atoms with Crippen LogP contribution in [0.4, 0.5) is 0 Å². The fourth-order valence-corrected chi connectivity index (χ4v) is 2.57. The summed E-state index contributed by atoms with van der Waals surface area (Å²) in [5, 5.41) is 1.05. The minimum atomic E-state index is -0.0449. The lowest BCUT2D eigenvalue weighted by molar-refractivity contribution is -0.883. The van der Waals surface area contributed by atoms with Crippen molar-refractivity contribution in [2.45, 2.75) is 0 Å². The molecule has 1 aliphatic heterocycles. The van der Waals surface area contributed by atoms with Gasteiger partial charge in [0.1, 0.15) is 5.75 Å². The second-order valence-corrected chi connectivity index (χ2v) is 6.04. The molecule has 0 saturated carbocycles. The third-order valence-corrected chi connectivity index (χ3v) is 4.31. The molecule has 1 amide bonds. The molecule has 0 spiro atoms. The molecule has 1 aromatic rings. The molecular weight excluding hydrogens is 323 g/mol. The molecule has 0 aliphatic carbocycles. The molecule has 0 unspecified atom stereocenters. The van der Waals surface area contributed by atoms with Crippen LogP contribution in [0, 0.1) is 0 Å². The molecule has 0 bridgehead atoms. The van der Waals surface area contributed by atoms with Gasteiger partial charge in [-0.25, -0.2) is 0 Å². The van der Waals surface area contributed by atoms with E-state index in [4.69, 9.17) is 39.5 Å². The normalized spacial score (nSPS) is 16.3. The minimum Gasteiger partial charge on any atom is -0.482 e. The molecule has 20 heavy (non-hydrogen) atoms. The zero-order valence-corrected chi connectivity index (χ0v) is 13.4. The summed E-state index contributed by atoms with van der Waals surface area (Å²) in [6.45, 7) is 3.38. The number of piperazine rings is 1. The van der Waals surface area contributed by atoms with Gasteiger partial charge >= 0.3 is 0 Å². The first-order chi connectivity index (χ1) is 9.47. The molecule has 1 heterocycles. The number of quaternary nitrogens is 1. The summed E-state index contributed by atoms with van der Waals surface area (Å²) >= 11 is 17.7. The Morgan fingerprint density at radius 2 is 1.80 bits per heavy atom. The van der Waals surface area contributed by atoms with Gasteiger partial charge in [-0.15, -0.1) is 0 Å². The van der Waals surface area contributed by atoms with Crippen LogP contribution >= 0.6 is 34.8 Å². The Morgan fingerprint density at radius 3 is 2.45 bits per heavy atom. The standard InChI is InChI=1S/C13H15Cl3N2O2/c1-17-2-4-18(5-3-17)13(19)8-20-12-7-10(15)9(14)6-11(12)16/h6-7H,2-5,8H2,1H3/p+1. The number of likely N-dealkylation sites (N-methyl/N-ethyl adjacent to an activating group) is 1. The van der Waals surface area contributed by atoms with Crippen molar-refractivity contribution in [1.82, 2.24) is 4.90 Å². The zero-order chi connectivity index (χ0) is 14.7. The summed E-state index contributed by atoms with van der Waals surface area (Å²) in [4.78, 5) is 15.3. The smallest absolute Gasteiger partial charge is 0.260 e. The molecule has 0 atom stereocenters. The lowest BCUT2D eigenvalue weighted by Gasteiger charge is -2.30. The quantitative estimate of drug-likeness (QED) is 0.845. The fraction of sp³-hybridized carbons (Fsp3) is 0.462. The topological polar surface area (TPSA) is 34.0 Å². The van der Waals surface area contributed by atoms with Crippen molar-refractivity contribution in [2.75, 3.05) is 39.8 Å². The predicted molar refractivity (Wildman–Crippen MR) is 80.2 cm³/mol. The summed E-state index contributed by atoms with van der Waals surface area (Å²) in [6.07, 6.45) is 0. The first kappa shape index (κ1) is 15.7. The molecule has 1 saturated heterocycles. The highest BCUT2D eigenvalue weighted by molar-refractivity contribution is 6.43. The molecule has 1 aromatic carbocycles. The SMILES string of the molecule is C[NH+]1CCN(C(=O)COc2cc(Cl)c(Cl)cc2Cl)CC1. The predicted octanol–water partition coefficient (Wildman–Crippen LogP) is 1.38. The van der Waals surface area contributed by atoms with E-state index in [9.17, 15) is 4.79 Å². The zero-order valence-electron chi connectivity index (χ0n) is 11.1. The number of nitrogens with zero attached hydrogens (tertiary/aromatic N) is 1. The monoisotopic (exact) mass is 337 g/mol. The van der Waals surface area contributed by atoms with Crippen LogP contribution in [0.5, 0.6) is 5.75 Å². The van der Waals surface area contributed by atoms with Crippen molar-refractivity contribution < 1.29 is 14.4 Å². The van der Waals surface area contributed by atoms with Crippen molar-refractivity contribution in [3.05, 3.63) is 27.2 Å². The number of carbonyl (C=O) groups excluding carboxylic acids is 1. The fourth-order valence-electron chi connectivity index (χ4n) is 1.98. The minimum absolute atomic E-state index is 0.0420. The summed E-state index contributed by atoms with van der Waals surface area (Å²) < 4.78 is 5.44. The van der Waals surface area contributed by atoms with E-state index in [-0.39, 0.29) is 12.5 Å². The van der Waals surface area contributed by atoms with Crippen molar-refractivity contribution in [3.8, 4) is 5.75 Å². The van der Waals surface area contributed by atoms with E-state index in [2.05, 4.69) is 7.05 Å². The van der Waals surface area contributed by atoms with Gasteiger partial charge in [0.05, 0.1) is 48.3 Å². The summed E-state index contributed by atoms with van der Waals surface area (Å²) in [5.74, 6) is 0.328. The number of hydrogen-bond donors (Lipinski definition) is 1. The molecule has 110 valence electrons. The second kappa shape index (κ2) is 6.85. The number of benzene rings is 1. The van der Waals surface area contributed by atoms with E-state index < -0.39 is 0 Å². The van der Waals surface area contributed by atoms with Gasteiger partial charge in [0.2, 0.25) is 0 Å². The molecule has 0 aromatic heterocycles. The van der Waals surface area contributed by atoms with Crippen LogP contribution in [-0.4, -0.2) is 50.6 Å². The van der Waals surface area contributed by atoms with Gasteiger partial charge in [0, 0.05) is 6.07 Å². The van der Waals surface area contributed by atoms with E-state index in [1.54, 1.807) is 4.90 Å². The Labute approximate surface area is 133 Å². The van der Waals surface area contributed by atoms with Crippen molar-refractivity contribution in [1.29, 1.82) is 0 Å². The van der Waals surface area contributed by atoms with Crippen LogP contribution in [0.25, 0.3) is 0 Å². The number of halogens is 3. The molecular formula is C13H16Cl3N2O2+. The van der Waals surface area contributed by atoms with Gasteiger partial charge in [-0.3, -0.25) is 4.79 Å². The number of amides is 1. The number of hydrogen-bond acceptors (Lipinski definition) is 2. The van der Waals surface area contributed by atoms with Crippen LogP contribution in [0.1, 0.15) is 0 Å². The Hall–Kier alpha value is -0.680. The van der Waals surface area contributed by atoms with Gasteiger partial charge in [0.25, 0.3) is 5.91 Å². The van der Waals surface area contributed by atoms with E-state index in [0.717, 1.165) is 26.2 Å². The van der Waals surface area contributed by atoms with Crippen molar-refractivity contribution >= 4 is 40.7 Å². The molecule has 1 fully saturated rings. The number of ether oxygens (including phenoxy) is 1.